The zero-order valence-corrected chi connectivity index (χ0v) is 12.2. The van der Waals surface area contributed by atoms with Crippen molar-refractivity contribution in [2.45, 2.75) is 24.8 Å². The van der Waals surface area contributed by atoms with Crippen LogP contribution in [0.3, 0.4) is 0 Å². The maximum absolute atomic E-state index is 12.3. The predicted octanol–water partition coefficient (Wildman–Crippen LogP) is -0.569. The molecule has 2 aromatic rings. The van der Waals surface area contributed by atoms with Gasteiger partial charge in [0.1, 0.15) is 10.7 Å². The Morgan fingerprint density at radius 1 is 1.50 bits per heavy atom. The summed E-state index contributed by atoms with van der Waals surface area (Å²) in [5.41, 5.74) is 6.32. The summed E-state index contributed by atoms with van der Waals surface area (Å²) in [6.07, 6.45) is 4.00. The van der Waals surface area contributed by atoms with E-state index in [-0.39, 0.29) is 18.0 Å². The van der Waals surface area contributed by atoms with Crippen LogP contribution >= 0.6 is 0 Å². The number of nitrogens with two attached hydrogens (primary N) is 1. The van der Waals surface area contributed by atoms with Crippen molar-refractivity contribution < 1.29 is 8.42 Å². The maximum atomic E-state index is 12.3. The van der Waals surface area contributed by atoms with Crippen molar-refractivity contribution in [2.75, 3.05) is 6.54 Å². The zero-order valence-electron chi connectivity index (χ0n) is 11.4. The van der Waals surface area contributed by atoms with Gasteiger partial charge in [0.05, 0.1) is 11.4 Å². The SMILES string of the molecule is Cc1[nH]nc(CN)c1S(=O)(=O)NCCc1nccn1C. The molecule has 0 unspecified atom stereocenters. The van der Waals surface area contributed by atoms with Gasteiger partial charge in [-0.15, -0.1) is 0 Å². The molecule has 0 aliphatic carbocycles. The average molecular weight is 298 g/mol. The van der Waals surface area contributed by atoms with Crippen molar-refractivity contribution in [3.63, 3.8) is 0 Å². The van der Waals surface area contributed by atoms with Crippen LogP contribution in [0.25, 0.3) is 0 Å². The minimum absolute atomic E-state index is 0.0694. The molecular formula is C11H18N6O2S. The molecule has 0 fully saturated rings. The smallest absolute Gasteiger partial charge is 0.244 e. The van der Waals surface area contributed by atoms with Gasteiger partial charge in [-0.05, 0) is 6.92 Å². The van der Waals surface area contributed by atoms with Crippen molar-refractivity contribution in [2.24, 2.45) is 12.8 Å². The van der Waals surface area contributed by atoms with E-state index < -0.39 is 10.0 Å². The van der Waals surface area contributed by atoms with Crippen LogP contribution in [0, 0.1) is 6.92 Å². The van der Waals surface area contributed by atoms with E-state index in [9.17, 15) is 8.42 Å². The molecule has 20 heavy (non-hydrogen) atoms. The van der Waals surface area contributed by atoms with Crippen LogP contribution in [0.1, 0.15) is 17.2 Å². The largest absolute Gasteiger partial charge is 0.338 e. The van der Waals surface area contributed by atoms with Crippen LogP contribution < -0.4 is 10.5 Å². The molecule has 0 bridgehead atoms. The number of sulfonamides is 1. The monoisotopic (exact) mass is 298 g/mol. The van der Waals surface area contributed by atoms with Gasteiger partial charge in [-0.25, -0.2) is 18.1 Å². The summed E-state index contributed by atoms with van der Waals surface area (Å²) in [4.78, 5) is 4.28. The maximum Gasteiger partial charge on any atom is 0.244 e. The Kier molecular flexibility index (Phi) is 4.21. The second-order valence-electron chi connectivity index (χ2n) is 4.43. The van der Waals surface area contributed by atoms with Gasteiger partial charge in [0.2, 0.25) is 10.0 Å². The number of nitrogens with zero attached hydrogens (tertiary/aromatic N) is 3. The molecule has 0 radical (unpaired) electrons. The quantitative estimate of drug-likeness (QED) is 0.660. The Balaban J connectivity index is 2.08. The number of H-pyrrole nitrogens is 1. The van der Waals surface area contributed by atoms with E-state index in [1.807, 2.05) is 17.8 Å². The third-order valence-electron chi connectivity index (χ3n) is 2.98. The Hall–Kier alpha value is -1.71. The minimum Gasteiger partial charge on any atom is -0.338 e. The molecule has 0 aliphatic rings. The van der Waals surface area contributed by atoms with Crippen molar-refractivity contribution in [1.29, 1.82) is 0 Å². The van der Waals surface area contributed by atoms with E-state index in [2.05, 4.69) is 19.9 Å². The third-order valence-corrected chi connectivity index (χ3v) is 4.65. The van der Waals surface area contributed by atoms with Crippen LogP contribution in [0.2, 0.25) is 0 Å². The Morgan fingerprint density at radius 2 is 2.25 bits per heavy atom. The molecule has 0 aliphatic heterocycles. The van der Waals surface area contributed by atoms with Crippen LogP contribution in [0.15, 0.2) is 17.3 Å². The van der Waals surface area contributed by atoms with E-state index >= 15 is 0 Å². The van der Waals surface area contributed by atoms with Crippen LogP contribution in [0.5, 0.6) is 0 Å². The number of rotatable bonds is 6. The molecule has 8 nitrogen and oxygen atoms in total. The van der Waals surface area contributed by atoms with E-state index in [0.717, 1.165) is 5.82 Å². The van der Waals surface area contributed by atoms with Gasteiger partial charge >= 0.3 is 0 Å². The average Bonchev–Trinajstić information content (AvgIpc) is 2.96. The van der Waals surface area contributed by atoms with Crippen molar-refractivity contribution in [3.8, 4) is 0 Å². The van der Waals surface area contributed by atoms with Gasteiger partial charge in [-0.2, -0.15) is 5.10 Å². The predicted molar refractivity (Wildman–Crippen MR) is 73.3 cm³/mol. The summed E-state index contributed by atoms with van der Waals surface area (Å²) >= 11 is 0. The summed E-state index contributed by atoms with van der Waals surface area (Å²) in [5.74, 6) is 0.815. The lowest BCUT2D eigenvalue weighted by Crippen LogP contribution is -2.28. The lowest BCUT2D eigenvalue weighted by Gasteiger charge is -2.07. The fourth-order valence-corrected chi connectivity index (χ4v) is 3.37. The highest BCUT2D eigenvalue weighted by molar-refractivity contribution is 7.89. The number of hydrogen-bond acceptors (Lipinski definition) is 5. The second kappa shape index (κ2) is 5.73. The zero-order chi connectivity index (χ0) is 14.8. The van der Waals surface area contributed by atoms with Gasteiger partial charge in [0.25, 0.3) is 0 Å². The van der Waals surface area contributed by atoms with Gasteiger partial charge in [-0.1, -0.05) is 0 Å². The molecule has 0 spiro atoms. The molecule has 2 heterocycles. The Bertz CT molecular complexity index is 688. The molecule has 9 heteroatoms. The lowest BCUT2D eigenvalue weighted by molar-refractivity contribution is 0.578. The highest BCUT2D eigenvalue weighted by Crippen LogP contribution is 2.16. The number of aromatic amines is 1. The van der Waals surface area contributed by atoms with E-state index in [0.29, 0.717) is 17.8 Å². The molecular weight excluding hydrogens is 280 g/mol. The standard InChI is InChI=1S/C11H18N6O2S/c1-8-11(9(7-12)16-15-8)20(18,19)14-4-3-10-13-5-6-17(10)2/h5-6,14H,3-4,7,12H2,1-2H3,(H,15,16). The first-order valence-electron chi connectivity index (χ1n) is 6.15. The van der Waals surface area contributed by atoms with Gasteiger partial charge in [0, 0.05) is 39.0 Å². The fraction of sp³-hybridized carbons (Fsp3) is 0.455. The first-order chi connectivity index (χ1) is 9.45. The van der Waals surface area contributed by atoms with E-state index in [1.54, 1.807) is 13.1 Å². The van der Waals surface area contributed by atoms with Gasteiger partial charge < -0.3 is 10.3 Å². The summed E-state index contributed by atoms with van der Waals surface area (Å²) in [5, 5.41) is 6.53. The molecule has 4 N–H and O–H groups in total. The highest BCUT2D eigenvalue weighted by atomic mass is 32.2. The number of aromatic nitrogens is 4. The van der Waals surface area contributed by atoms with Crippen LogP contribution in [-0.2, 0) is 30.0 Å². The Morgan fingerprint density at radius 3 is 2.85 bits per heavy atom. The first kappa shape index (κ1) is 14.7. The fourth-order valence-electron chi connectivity index (χ4n) is 1.97. The molecule has 0 aromatic carbocycles. The van der Waals surface area contributed by atoms with E-state index in [1.165, 1.54) is 0 Å². The number of aryl methyl sites for hydroxylation is 2. The molecule has 0 saturated carbocycles. The summed E-state index contributed by atoms with van der Waals surface area (Å²) in [6, 6.07) is 0. The van der Waals surface area contributed by atoms with Crippen molar-refractivity contribution in [3.05, 3.63) is 29.6 Å². The number of hydrogen-bond donors (Lipinski definition) is 3. The molecule has 0 atom stereocenters. The normalized spacial score (nSPS) is 11.9. The molecule has 2 rings (SSSR count). The molecule has 110 valence electrons. The molecule has 0 saturated heterocycles. The van der Waals surface area contributed by atoms with Crippen molar-refractivity contribution in [1.82, 2.24) is 24.5 Å². The van der Waals surface area contributed by atoms with Gasteiger partial charge in [-0.3, -0.25) is 5.10 Å². The second-order valence-corrected chi connectivity index (χ2v) is 6.13. The topological polar surface area (TPSA) is 119 Å². The minimum atomic E-state index is -3.62. The summed E-state index contributed by atoms with van der Waals surface area (Å²) < 4.78 is 28.9. The highest BCUT2D eigenvalue weighted by Gasteiger charge is 2.23. The first-order valence-corrected chi connectivity index (χ1v) is 7.64. The third kappa shape index (κ3) is 2.89. The van der Waals surface area contributed by atoms with Gasteiger partial charge in [0.15, 0.2) is 0 Å². The molecule has 2 aromatic heterocycles. The molecule has 0 amide bonds. The lowest BCUT2D eigenvalue weighted by atomic mass is 10.4. The van der Waals surface area contributed by atoms with Crippen molar-refractivity contribution >= 4 is 10.0 Å². The number of imidazole rings is 1. The Labute approximate surface area is 117 Å². The van der Waals surface area contributed by atoms with E-state index in [4.69, 9.17) is 5.73 Å². The number of nitrogens with one attached hydrogen (secondary N) is 2. The van der Waals surface area contributed by atoms with Crippen LogP contribution in [-0.4, -0.2) is 34.7 Å². The summed E-state index contributed by atoms with van der Waals surface area (Å²) in [7, 11) is -1.75. The summed E-state index contributed by atoms with van der Waals surface area (Å²) in [6.45, 7) is 1.99. The van der Waals surface area contributed by atoms with Crippen LogP contribution in [0.4, 0.5) is 0 Å².